The minimum atomic E-state index is -0.775. The summed E-state index contributed by atoms with van der Waals surface area (Å²) in [5.41, 5.74) is -0.744. The SMILES string of the molecule is CCC1(C(=O)O)CCN(C(=O)NC2CN3CCC2CC3)C1. The van der Waals surface area contributed by atoms with Crippen LogP contribution in [0.4, 0.5) is 4.79 Å². The number of carboxylic acid groups (broad SMARTS) is 1. The third-order valence-electron chi connectivity index (χ3n) is 5.74. The maximum atomic E-state index is 12.4. The van der Waals surface area contributed by atoms with Crippen LogP contribution in [0.5, 0.6) is 0 Å². The Labute approximate surface area is 125 Å². The van der Waals surface area contributed by atoms with Crippen molar-refractivity contribution in [2.45, 2.75) is 38.6 Å². The molecule has 2 bridgehead atoms. The molecular formula is C15H25N3O3. The fourth-order valence-corrected chi connectivity index (χ4v) is 4.04. The molecule has 118 valence electrons. The van der Waals surface area contributed by atoms with Crippen molar-refractivity contribution in [2.75, 3.05) is 32.7 Å². The van der Waals surface area contributed by atoms with Gasteiger partial charge in [0.1, 0.15) is 0 Å². The van der Waals surface area contributed by atoms with Crippen molar-refractivity contribution < 1.29 is 14.7 Å². The number of likely N-dealkylation sites (tertiary alicyclic amines) is 1. The van der Waals surface area contributed by atoms with E-state index in [-0.39, 0.29) is 12.1 Å². The molecule has 4 saturated heterocycles. The van der Waals surface area contributed by atoms with E-state index in [1.807, 2.05) is 6.92 Å². The van der Waals surface area contributed by atoms with Crippen LogP contribution in [0.15, 0.2) is 0 Å². The lowest BCUT2D eigenvalue weighted by molar-refractivity contribution is -0.148. The average molecular weight is 295 g/mol. The number of nitrogens with one attached hydrogen (secondary N) is 1. The number of carboxylic acids is 1. The standard InChI is InChI=1S/C15H25N3O3/c1-2-15(13(19)20)5-8-18(10-15)14(21)16-12-9-17-6-3-11(12)4-7-17/h11-12H,2-10H2,1H3,(H,16,21)(H,19,20). The zero-order chi connectivity index (χ0) is 15.0. The molecule has 2 amide bonds. The third-order valence-corrected chi connectivity index (χ3v) is 5.74. The Morgan fingerprint density at radius 3 is 2.48 bits per heavy atom. The molecule has 0 saturated carbocycles. The summed E-state index contributed by atoms with van der Waals surface area (Å²) in [7, 11) is 0. The monoisotopic (exact) mass is 295 g/mol. The summed E-state index contributed by atoms with van der Waals surface area (Å²) in [6, 6.07) is 0.159. The predicted molar refractivity (Wildman–Crippen MR) is 78.0 cm³/mol. The normalized spacial score (nSPS) is 38.5. The number of nitrogens with zero attached hydrogens (tertiary/aromatic N) is 2. The fourth-order valence-electron chi connectivity index (χ4n) is 4.04. The van der Waals surface area contributed by atoms with Gasteiger partial charge in [-0.05, 0) is 44.7 Å². The smallest absolute Gasteiger partial charge is 0.317 e. The van der Waals surface area contributed by atoms with E-state index in [4.69, 9.17) is 0 Å². The molecule has 4 rings (SSSR count). The molecule has 2 unspecified atom stereocenters. The maximum absolute atomic E-state index is 12.4. The summed E-state index contributed by atoms with van der Waals surface area (Å²) in [6.07, 6.45) is 3.47. The number of piperidine rings is 3. The summed E-state index contributed by atoms with van der Waals surface area (Å²) in [4.78, 5) is 28.0. The van der Waals surface area contributed by atoms with Crippen LogP contribution < -0.4 is 5.32 Å². The average Bonchev–Trinajstić information content (AvgIpc) is 2.94. The number of carbonyl (C=O) groups is 2. The van der Waals surface area contributed by atoms with Crippen molar-refractivity contribution >= 4 is 12.0 Å². The minimum absolute atomic E-state index is 0.0784. The van der Waals surface area contributed by atoms with Crippen LogP contribution in [0.3, 0.4) is 0 Å². The second-order valence-electron chi connectivity index (χ2n) is 6.80. The lowest BCUT2D eigenvalue weighted by Crippen LogP contribution is -2.59. The Balaban J connectivity index is 1.58. The van der Waals surface area contributed by atoms with E-state index in [0.717, 1.165) is 19.6 Å². The molecule has 4 heterocycles. The molecule has 0 aromatic rings. The third kappa shape index (κ3) is 2.61. The van der Waals surface area contributed by atoms with Gasteiger partial charge in [-0.3, -0.25) is 4.79 Å². The van der Waals surface area contributed by atoms with Crippen LogP contribution in [0.2, 0.25) is 0 Å². The fraction of sp³-hybridized carbons (Fsp3) is 0.867. The largest absolute Gasteiger partial charge is 0.481 e. The molecule has 6 heteroatoms. The number of amides is 2. The van der Waals surface area contributed by atoms with Crippen molar-refractivity contribution in [1.82, 2.24) is 15.1 Å². The number of urea groups is 1. The van der Waals surface area contributed by atoms with Crippen LogP contribution >= 0.6 is 0 Å². The number of hydrogen-bond donors (Lipinski definition) is 2. The van der Waals surface area contributed by atoms with Gasteiger partial charge in [-0.15, -0.1) is 0 Å². The van der Waals surface area contributed by atoms with Gasteiger partial charge in [0.15, 0.2) is 0 Å². The maximum Gasteiger partial charge on any atom is 0.317 e. The van der Waals surface area contributed by atoms with Gasteiger partial charge in [0.2, 0.25) is 0 Å². The number of aliphatic carboxylic acids is 1. The molecule has 2 N–H and O–H groups in total. The first kappa shape index (κ1) is 14.6. The van der Waals surface area contributed by atoms with Gasteiger partial charge in [-0.2, -0.15) is 0 Å². The lowest BCUT2D eigenvalue weighted by atomic mass is 9.84. The van der Waals surface area contributed by atoms with E-state index in [0.29, 0.717) is 31.8 Å². The van der Waals surface area contributed by atoms with E-state index in [1.54, 1.807) is 4.90 Å². The Morgan fingerprint density at radius 2 is 2.00 bits per heavy atom. The van der Waals surface area contributed by atoms with Gasteiger partial charge in [0.25, 0.3) is 0 Å². The van der Waals surface area contributed by atoms with Crippen LogP contribution in [0.25, 0.3) is 0 Å². The van der Waals surface area contributed by atoms with E-state index in [9.17, 15) is 14.7 Å². The molecule has 21 heavy (non-hydrogen) atoms. The first-order valence-corrected chi connectivity index (χ1v) is 8.05. The first-order valence-electron chi connectivity index (χ1n) is 8.05. The number of fused-ring (bicyclic) bond motifs is 3. The predicted octanol–water partition coefficient (Wildman–Crippen LogP) is 0.977. The highest BCUT2D eigenvalue weighted by Crippen LogP contribution is 2.34. The summed E-state index contributed by atoms with van der Waals surface area (Å²) >= 11 is 0. The minimum Gasteiger partial charge on any atom is -0.481 e. The summed E-state index contributed by atoms with van der Waals surface area (Å²) in [5.74, 6) is -0.180. The highest BCUT2D eigenvalue weighted by molar-refractivity contribution is 5.80. The van der Waals surface area contributed by atoms with Crippen LogP contribution in [0.1, 0.15) is 32.6 Å². The van der Waals surface area contributed by atoms with Gasteiger partial charge in [-0.1, -0.05) is 6.92 Å². The zero-order valence-electron chi connectivity index (χ0n) is 12.7. The first-order chi connectivity index (χ1) is 10.0. The van der Waals surface area contributed by atoms with Gasteiger partial charge in [0, 0.05) is 25.7 Å². The molecule has 0 spiro atoms. The molecule has 6 nitrogen and oxygen atoms in total. The van der Waals surface area contributed by atoms with Crippen molar-refractivity contribution in [1.29, 1.82) is 0 Å². The topological polar surface area (TPSA) is 72.9 Å². The quantitative estimate of drug-likeness (QED) is 0.814. The molecule has 4 aliphatic heterocycles. The molecule has 0 aliphatic carbocycles. The molecule has 4 aliphatic rings. The summed E-state index contributed by atoms with van der Waals surface area (Å²) < 4.78 is 0. The second-order valence-corrected chi connectivity index (χ2v) is 6.80. The van der Waals surface area contributed by atoms with E-state index < -0.39 is 11.4 Å². The Kier molecular flexibility index (Phi) is 3.82. The molecule has 0 aromatic carbocycles. The van der Waals surface area contributed by atoms with Gasteiger partial charge >= 0.3 is 12.0 Å². The highest BCUT2D eigenvalue weighted by Gasteiger charge is 2.45. The van der Waals surface area contributed by atoms with Crippen molar-refractivity contribution in [3.05, 3.63) is 0 Å². The molecule has 2 atom stereocenters. The molecular weight excluding hydrogens is 270 g/mol. The second kappa shape index (κ2) is 5.48. The van der Waals surface area contributed by atoms with Crippen LogP contribution in [-0.2, 0) is 4.79 Å². The Bertz CT molecular complexity index is 434. The molecule has 0 aromatic heterocycles. The number of carbonyl (C=O) groups excluding carboxylic acids is 1. The molecule has 0 radical (unpaired) electrons. The molecule has 4 fully saturated rings. The Morgan fingerprint density at radius 1 is 1.29 bits per heavy atom. The van der Waals surface area contributed by atoms with Gasteiger partial charge in [-0.25, -0.2) is 4.79 Å². The van der Waals surface area contributed by atoms with Gasteiger partial charge in [0.05, 0.1) is 5.41 Å². The van der Waals surface area contributed by atoms with E-state index in [2.05, 4.69) is 10.2 Å². The van der Waals surface area contributed by atoms with Crippen molar-refractivity contribution in [2.24, 2.45) is 11.3 Å². The van der Waals surface area contributed by atoms with Gasteiger partial charge < -0.3 is 20.2 Å². The number of rotatable bonds is 3. The Hall–Kier alpha value is -1.30. The van der Waals surface area contributed by atoms with Crippen molar-refractivity contribution in [3.63, 3.8) is 0 Å². The highest BCUT2D eigenvalue weighted by atomic mass is 16.4. The van der Waals surface area contributed by atoms with Crippen molar-refractivity contribution in [3.8, 4) is 0 Å². The van der Waals surface area contributed by atoms with Crippen LogP contribution in [0, 0.1) is 11.3 Å². The van der Waals surface area contributed by atoms with Crippen LogP contribution in [-0.4, -0.2) is 65.7 Å². The zero-order valence-corrected chi connectivity index (χ0v) is 12.7. The summed E-state index contributed by atoms with van der Waals surface area (Å²) in [5, 5.41) is 12.6. The lowest BCUT2D eigenvalue weighted by Gasteiger charge is -2.45. The number of hydrogen-bond acceptors (Lipinski definition) is 3. The van der Waals surface area contributed by atoms with E-state index >= 15 is 0 Å². The summed E-state index contributed by atoms with van der Waals surface area (Å²) in [6.45, 7) is 6.03. The van der Waals surface area contributed by atoms with E-state index in [1.165, 1.54) is 12.8 Å².